The molecule has 0 heterocycles. The number of hydrogen-bond acceptors (Lipinski definition) is 4. The number of phenolic OH excluding ortho intramolecular Hbond substituents is 1. The molecule has 24 heavy (non-hydrogen) atoms. The van der Waals surface area contributed by atoms with Crippen molar-refractivity contribution in [3.05, 3.63) is 46.6 Å². The normalized spacial score (nSPS) is 11.5. The van der Waals surface area contributed by atoms with E-state index in [4.69, 9.17) is 15.6 Å². The van der Waals surface area contributed by atoms with E-state index in [9.17, 15) is 9.90 Å². The van der Waals surface area contributed by atoms with Crippen molar-refractivity contribution in [2.24, 2.45) is 5.73 Å². The van der Waals surface area contributed by atoms with Crippen LogP contribution in [0.3, 0.4) is 0 Å². The zero-order valence-corrected chi connectivity index (χ0v) is 21.1. The molecule has 0 aliphatic rings. The molecule has 5 nitrogen and oxygen atoms in total. The molecule has 1 atom stereocenters. The van der Waals surface area contributed by atoms with Gasteiger partial charge in [-0.05, 0) is 110 Å². The maximum atomic E-state index is 10.9. The summed E-state index contributed by atoms with van der Waals surface area (Å²) in [4.78, 5) is 10.9. The molecule has 0 aromatic heterocycles. The summed E-state index contributed by atoms with van der Waals surface area (Å²) in [6, 6.07) is 7.83. The Morgan fingerprint density at radius 3 is 2.25 bits per heavy atom. The number of ether oxygens (including phenoxy) is 1. The number of aromatic hydroxyl groups is 1. The molecule has 0 saturated heterocycles. The van der Waals surface area contributed by atoms with Gasteiger partial charge in [-0.15, -0.1) is 0 Å². The van der Waals surface area contributed by atoms with Gasteiger partial charge in [-0.2, -0.15) is 0 Å². The minimum Gasteiger partial charge on any atom is -1.00 e. The second-order valence-electron chi connectivity index (χ2n) is 4.75. The van der Waals surface area contributed by atoms with Crippen LogP contribution in [0.25, 0.3) is 0 Å². The van der Waals surface area contributed by atoms with E-state index in [1.807, 2.05) is 34.7 Å². The molecule has 2 aromatic rings. The third-order valence-corrected chi connectivity index (χ3v) is 5.44. The number of carboxylic acid groups (broad SMARTS) is 1. The van der Waals surface area contributed by atoms with Gasteiger partial charge in [-0.1, -0.05) is 0 Å². The van der Waals surface area contributed by atoms with Gasteiger partial charge in [0.25, 0.3) is 0 Å². The number of hydrogen-bond donors (Lipinski definition) is 3. The maximum Gasteiger partial charge on any atom is 1.00 e. The first kappa shape index (κ1) is 22.7. The molecule has 4 N–H and O–H groups in total. The van der Waals surface area contributed by atoms with Gasteiger partial charge in [0, 0.05) is 0 Å². The Morgan fingerprint density at radius 1 is 1.17 bits per heavy atom. The van der Waals surface area contributed by atoms with Crippen LogP contribution >= 0.6 is 67.8 Å². The number of rotatable bonds is 5. The van der Waals surface area contributed by atoms with E-state index in [0.29, 0.717) is 15.1 Å². The quantitative estimate of drug-likeness (QED) is 0.326. The van der Waals surface area contributed by atoms with Gasteiger partial charge in [0.05, 0.1) is 10.7 Å². The van der Waals surface area contributed by atoms with E-state index < -0.39 is 12.0 Å². The van der Waals surface area contributed by atoms with E-state index >= 15 is 0 Å². The number of phenols is 1. The van der Waals surface area contributed by atoms with Crippen molar-refractivity contribution in [2.45, 2.75) is 12.5 Å². The Morgan fingerprint density at radius 2 is 1.75 bits per heavy atom. The van der Waals surface area contributed by atoms with Crippen molar-refractivity contribution in [2.75, 3.05) is 0 Å². The van der Waals surface area contributed by atoms with Gasteiger partial charge >= 0.3 is 35.5 Å². The van der Waals surface area contributed by atoms with Gasteiger partial charge in [0.15, 0.2) is 5.75 Å². The topological polar surface area (TPSA) is 92.8 Å². The van der Waals surface area contributed by atoms with Crippen molar-refractivity contribution in [1.82, 2.24) is 0 Å². The predicted octanol–water partition coefficient (Wildman–Crippen LogP) is 1.07. The van der Waals surface area contributed by atoms with Crippen LogP contribution in [-0.4, -0.2) is 22.2 Å². The minimum absolute atomic E-state index is 0. The molecule has 0 fully saturated rings. The summed E-state index contributed by atoms with van der Waals surface area (Å²) in [7, 11) is 0. The molecule has 0 bridgehead atoms. The molecule has 0 saturated carbocycles. The second kappa shape index (κ2) is 10.1. The first-order valence-electron chi connectivity index (χ1n) is 6.40. The zero-order valence-electron chi connectivity index (χ0n) is 13.6. The SMILES string of the molecule is N[C@H](Cc1cc(I)c(Oc2ccc(O)c(I)c2)c(I)c1)C(=O)O.[H-].[Na+]. The minimum atomic E-state index is -1.02. The summed E-state index contributed by atoms with van der Waals surface area (Å²) in [5, 5.41) is 18.5. The number of carboxylic acids is 1. The second-order valence-corrected chi connectivity index (χ2v) is 8.24. The van der Waals surface area contributed by atoms with Crippen molar-refractivity contribution in [3.63, 3.8) is 0 Å². The predicted molar refractivity (Wildman–Crippen MR) is 113 cm³/mol. The fourth-order valence-electron chi connectivity index (χ4n) is 1.84. The Hall–Kier alpha value is 0.660. The summed E-state index contributed by atoms with van der Waals surface area (Å²) in [6.07, 6.45) is 0.263. The molecular formula is C15H13I3NNaO4. The van der Waals surface area contributed by atoms with E-state index in [1.165, 1.54) is 0 Å². The van der Waals surface area contributed by atoms with Gasteiger partial charge in [-0.25, -0.2) is 0 Å². The summed E-state index contributed by atoms with van der Waals surface area (Å²) in [5.74, 6) is 0.507. The average molecular weight is 675 g/mol. The first-order chi connectivity index (χ1) is 10.8. The van der Waals surface area contributed by atoms with Crippen LogP contribution in [0.15, 0.2) is 30.3 Å². The fourth-order valence-corrected chi connectivity index (χ4v) is 4.44. The Labute approximate surface area is 203 Å². The van der Waals surface area contributed by atoms with E-state index in [2.05, 4.69) is 45.2 Å². The van der Waals surface area contributed by atoms with E-state index in [1.54, 1.807) is 18.2 Å². The van der Waals surface area contributed by atoms with Gasteiger partial charge < -0.3 is 22.1 Å². The van der Waals surface area contributed by atoms with E-state index in [0.717, 1.165) is 12.7 Å². The van der Waals surface area contributed by atoms with Crippen LogP contribution in [0, 0.1) is 10.7 Å². The molecule has 2 aromatic carbocycles. The summed E-state index contributed by atoms with van der Waals surface area (Å²) in [5.41, 5.74) is 6.43. The Kier molecular flexibility index (Phi) is 9.57. The molecule has 0 radical (unpaired) electrons. The van der Waals surface area contributed by atoms with Crippen molar-refractivity contribution in [3.8, 4) is 17.2 Å². The maximum absolute atomic E-state index is 10.9. The average Bonchev–Trinajstić information content (AvgIpc) is 2.46. The number of nitrogens with two attached hydrogens (primary N) is 1. The van der Waals surface area contributed by atoms with Crippen molar-refractivity contribution < 1.29 is 50.7 Å². The van der Waals surface area contributed by atoms with Crippen LogP contribution < -0.4 is 40.0 Å². The monoisotopic (exact) mass is 675 g/mol. The Balaban J connectivity index is 0.00000288. The molecule has 0 unspecified atom stereocenters. The number of carbonyl (C=O) groups is 1. The third-order valence-electron chi connectivity index (χ3n) is 2.97. The third kappa shape index (κ3) is 6.13. The number of benzene rings is 2. The molecular weight excluding hydrogens is 662 g/mol. The molecule has 2 rings (SSSR count). The largest absolute Gasteiger partial charge is 1.00 e. The van der Waals surface area contributed by atoms with Gasteiger partial charge in [0.1, 0.15) is 17.5 Å². The molecule has 0 aliphatic heterocycles. The van der Waals surface area contributed by atoms with Gasteiger partial charge in [0.2, 0.25) is 0 Å². The number of halogens is 3. The van der Waals surface area contributed by atoms with E-state index in [-0.39, 0.29) is 43.2 Å². The molecule has 0 amide bonds. The smallest absolute Gasteiger partial charge is 1.00 e. The van der Waals surface area contributed by atoms with Crippen LogP contribution in [-0.2, 0) is 11.2 Å². The fraction of sp³-hybridized carbons (Fsp3) is 0.133. The van der Waals surface area contributed by atoms with Gasteiger partial charge in [-0.3, -0.25) is 4.79 Å². The summed E-state index contributed by atoms with van der Waals surface area (Å²) < 4.78 is 8.34. The van der Waals surface area contributed by atoms with Crippen LogP contribution in [0.5, 0.6) is 17.2 Å². The van der Waals surface area contributed by atoms with Crippen molar-refractivity contribution in [1.29, 1.82) is 0 Å². The first-order valence-corrected chi connectivity index (χ1v) is 9.64. The number of aliphatic carboxylic acids is 1. The standard InChI is InChI=1S/C15H12I3NO4.Na.H/c16-9-6-8(1-2-13(9)20)23-14-10(17)3-7(4-11(14)18)5-12(19)15(21)22;;/h1-4,6,12,20H,5,19H2,(H,21,22);;/q;+1;-1/t12-;;/m1../s1. The Bertz CT molecular complexity index is 741. The molecule has 124 valence electrons. The molecule has 9 heteroatoms. The van der Waals surface area contributed by atoms with Crippen LogP contribution in [0.2, 0.25) is 0 Å². The van der Waals surface area contributed by atoms with Crippen LogP contribution in [0.4, 0.5) is 0 Å². The summed E-state index contributed by atoms with van der Waals surface area (Å²) in [6.45, 7) is 0. The zero-order chi connectivity index (χ0) is 17.1. The molecule has 0 aliphatic carbocycles. The van der Waals surface area contributed by atoms with Crippen molar-refractivity contribution >= 4 is 73.7 Å². The molecule has 0 spiro atoms. The summed E-state index contributed by atoms with van der Waals surface area (Å²) >= 11 is 6.33. The van der Waals surface area contributed by atoms with Crippen LogP contribution in [0.1, 0.15) is 6.99 Å².